The van der Waals surface area contributed by atoms with E-state index < -0.39 is 0 Å². The first kappa shape index (κ1) is 30.5. The van der Waals surface area contributed by atoms with E-state index >= 15 is 0 Å². The summed E-state index contributed by atoms with van der Waals surface area (Å²) in [6, 6.07) is 40.0. The van der Waals surface area contributed by atoms with Crippen LogP contribution in [0.5, 0.6) is 0 Å². The Morgan fingerprint density at radius 1 is 0.413 bits per heavy atom. The molecule has 0 unspecified atom stereocenters. The third kappa shape index (κ3) is 5.57. The second kappa shape index (κ2) is 13.7. The highest BCUT2D eigenvalue weighted by molar-refractivity contribution is 6.27. The molecule has 0 atom stereocenters. The lowest BCUT2D eigenvalue weighted by molar-refractivity contribution is 0.667. The number of rotatable bonds is 13. The summed E-state index contributed by atoms with van der Waals surface area (Å²) in [4.78, 5) is 0. The third-order valence-corrected chi connectivity index (χ3v) is 10.4. The van der Waals surface area contributed by atoms with E-state index in [1.807, 2.05) is 0 Å². The van der Waals surface area contributed by atoms with E-state index in [1.54, 1.807) is 0 Å². The topological polar surface area (TPSA) is 0 Å². The minimum atomic E-state index is 1.01. The van der Waals surface area contributed by atoms with Gasteiger partial charge in [0.2, 0.25) is 0 Å². The van der Waals surface area contributed by atoms with Crippen LogP contribution >= 0.6 is 0 Å². The quantitative estimate of drug-likeness (QED) is 0.116. The minimum Gasteiger partial charge on any atom is -0.0654 e. The summed E-state index contributed by atoms with van der Waals surface area (Å²) in [5.74, 6) is 0. The highest BCUT2D eigenvalue weighted by atomic mass is 14.3. The molecule has 1 aliphatic rings. The fourth-order valence-corrected chi connectivity index (χ4v) is 7.98. The van der Waals surface area contributed by atoms with Crippen molar-refractivity contribution in [1.82, 2.24) is 0 Å². The van der Waals surface area contributed by atoms with Gasteiger partial charge in [0.15, 0.2) is 0 Å². The highest BCUT2D eigenvalue weighted by Crippen LogP contribution is 2.58. The molecule has 0 aliphatic heterocycles. The van der Waals surface area contributed by atoms with Crippen LogP contribution in [-0.4, -0.2) is 0 Å². The highest BCUT2D eigenvalue weighted by Gasteiger charge is 2.31. The molecule has 232 valence electrons. The number of hydrogen-bond donors (Lipinski definition) is 0. The van der Waals surface area contributed by atoms with E-state index in [4.69, 9.17) is 0 Å². The van der Waals surface area contributed by atoms with Crippen LogP contribution in [-0.2, 0) is 19.3 Å². The number of unbranched alkanes of at least 4 members (excludes halogenated alkanes) is 6. The van der Waals surface area contributed by atoms with Gasteiger partial charge in [0.25, 0.3) is 0 Å². The van der Waals surface area contributed by atoms with Crippen LogP contribution < -0.4 is 0 Å². The SMILES string of the molecule is CCCCCCc1ccc(-c2c3c(c(-c4ccc(CCCCCC)cc4)c4c(CC)cccc24)-c2cccc4cccc-3c24)cc1. The van der Waals surface area contributed by atoms with Crippen molar-refractivity contribution >= 4 is 21.5 Å². The molecule has 0 aromatic heterocycles. The van der Waals surface area contributed by atoms with Crippen molar-refractivity contribution in [2.24, 2.45) is 0 Å². The van der Waals surface area contributed by atoms with Crippen molar-refractivity contribution in [2.75, 3.05) is 0 Å². The molecule has 0 amide bonds. The van der Waals surface area contributed by atoms with Gasteiger partial charge in [-0.25, -0.2) is 0 Å². The van der Waals surface area contributed by atoms with Crippen molar-refractivity contribution in [3.63, 3.8) is 0 Å². The van der Waals surface area contributed by atoms with Gasteiger partial charge in [-0.05, 0) is 115 Å². The molecule has 0 fully saturated rings. The summed E-state index contributed by atoms with van der Waals surface area (Å²) in [5, 5.41) is 5.52. The summed E-state index contributed by atoms with van der Waals surface area (Å²) in [6.07, 6.45) is 13.7. The molecule has 0 N–H and O–H groups in total. The molecule has 0 bridgehead atoms. The van der Waals surface area contributed by atoms with Crippen molar-refractivity contribution in [3.8, 4) is 44.5 Å². The molecule has 6 aromatic rings. The minimum absolute atomic E-state index is 1.01. The molecule has 0 heterocycles. The van der Waals surface area contributed by atoms with Gasteiger partial charge < -0.3 is 0 Å². The van der Waals surface area contributed by atoms with Crippen LogP contribution in [0.25, 0.3) is 66.1 Å². The van der Waals surface area contributed by atoms with Crippen LogP contribution in [0.2, 0.25) is 0 Å². The second-order valence-electron chi connectivity index (χ2n) is 13.4. The molecule has 0 saturated carbocycles. The van der Waals surface area contributed by atoms with Crippen LogP contribution in [0, 0.1) is 0 Å². The molecule has 0 saturated heterocycles. The van der Waals surface area contributed by atoms with E-state index in [1.165, 1.54) is 134 Å². The zero-order valence-electron chi connectivity index (χ0n) is 28.1. The molecular weight excluding hydrogens is 553 g/mol. The van der Waals surface area contributed by atoms with Gasteiger partial charge in [0, 0.05) is 0 Å². The van der Waals surface area contributed by atoms with E-state index in [2.05, 4.69) is 124 Å². The fraction of sp³-hybridized carbons (Fsp3) is 0.304. The molecular formula is C46H48. The van der Waals surface area contributed by atoms with Gasteiger partial charge in [0.1, 0.15) is 0 Å². The Labute approximate surface area is 276 Å². The molecule has 0 heteroatoms. The molecule has 46 heavy (non-hydrogen) atoms. The summed E-state index contributed by atoms with van der Waals surface area (Å²) in [6.45, 7) is 6.89. The maximum absolute atomic E-state index is 2.41. The van der Waals surface area contributed by atoms with Crippen LogP contribution in [0.4, 0.5) is 0 Å². The Morgan fingerprint density at radius 2 is 0.935 bits per heavy atom. The fourth-order valence-electron chi connectivity index (χ4n) is 7.98. The largest absolute Gasteiger partial charge is 0.0654 e. The Bertz CT molecular complexity index is 1970. The van der Waals surface area contributed by atoms with Gasteiger partial charge in [0.05, 0.1) is 0 Å². The Balaban J connectivity index is 1.46. The molecule has 0 radical (unpaired) electrons. The molecule has 0 nitrogen and oxygen atoms in total. The molecule has 7 rings (SSSR count). The van der Waals surface area contributed by atoms with Crippen LogP contribution in [0.3, 0.4) is 0 Å². The average Bonchev–Trinajstić information content (AvgIpc) is 3.43. The van der Waals surface area contributed by atoms with Gasteiger partial charge in [-0.15, -0.1) is 0 Å². The predicted molar refractivity (Wildman–Crippen MR) is 202 cm³/mol. The summed E-state index contributed by atoms with van der Waals surface area (Å²) < 4.78 is 0. The third-order valence-electron chi connectivity index (χ3n) is 10.4. The molecule has 6 aromatic carbocycles. The second-order valence-corrected chi connectivity index (χ2v) is 13.4. The van der Waals surface area contributed by atoms with Gasteiger partial charge in [-0.1, -0.05) is 162 Å². The van der Waals surface area contributed by atoms with Crippen LogP contribution in [0.15, 0.2) is 103 Å². The summed E-state index contributed by atoms with van der Waals surface area (Å²) in [5.41, 5.74) is 15.3. The normalized spacial score (nSPS) is 11.9. The lowest BCUT2D eigenvalue weighted by Gasteiger charge is -2.22. The van der Waals surface area contributed by atoms with Crippen molar-refractivity contribution in [1.29, 1.82) is 0 Å². The Morgan fingerprint density at radius 3 is 1.48 bits per heavy atom. The molecule has 0 spiro atoms. The maximum atomic E-state index is 2.41. The smallest absolute Gasteiger partial charge is 0.000731 e. The van der Waals surface area contributed by atoms with Crippen molar-refractivity contribution in [3.05, 3.63) is 120 Å². The number of hydrogen-bond acceptors (Lipinski definition) is 0. The Kier molecular flexibility index (Phi) is 9.07. The number of benzene rings is 6. The Hall–Kier alpha value is -4.16. The van der Waals surface area contributed by atoms with E-state index in [9.17, 15) is 0 Å². The first-order chi connectivity index (χ1) is 22.7. The van der Waals surface area contributed by atoms with E-state index in [-0.39, 0.29) is 0 Å². The molecule has 1 aliphatic carbocycles. The summed E-state index contributed by atoms with van der Waals surface area (Å²) in [7, 11) is 0. The monoisotopic (exact) mass is 600 g/mol. The number of aryl methyl sites for hydroxylation is 3. The zero-order chi connectivity index (χ0) is 31.5. The lowest BCUT2D eigenvalue weighted by atomic mass is 9.80. The van der Waals surface area contributed by atoms with Crippen molar-refractivity contribution < 1.29 is 0 Å². The van der Waals surface area contributed by atoms with Gasteiger partial charge in [-0.2, -0.15) is 0 Å². The van der Waals surface area contributed by atoms with E-state index in [0.29, 0.717) is 0 Å². The van der Waals surface area contributed by atoms with Crippen LogP contribution in [0.1, 0.15) is 88.8 Å². The van der Waals surface area contributed by atoms with Gasteiger partial charge >= 0.3 is 0 Å². The zero-order valence-corrected chi connectivity index (χ0v) is 28.1. The van der Waals surface area contributed by atoms with Crippen molar-refractivity contribution in [2.45, 2.75) is 91.4 Å². The van der Waals surface area contributed by atoms with E-state index in [0.717, 1.165) is 19.3 Å². The first-order valence-corrected chi connectivity index (χ1v) is 18.1. The average molecular weight is 601 g/mol. The number of fused-ring (bicyclic) bond motifs is 4. The lowest BCUT2D eigenvalue weighted by Crippen LogP contribution is -1.97. The predicted octanol–water partition coefficient (Wildman–Crippen LogP) is 13.8. The summed E-state index contributed by atoms with van der Waals surface area (Å²) >= 11 is 0. The first-order valence-electron chi connectivity index (χ1n) is 18.1. The maximum Gasteiger partial charge on any atom is -0.000731 e. The van der Waals surface area contributed by atoms with Gasteiger partial charge in [-0.3, -0.25) is 0 Å². The standard InChI is InChI=1S/C46H48/c1-4-7-9-11-16-32-24-28-36(29-25-32)43-40-23-13-18-34(6-3)42(40)44(37-30-26-33(27-31-37)17-12-10-8-5-2)46-39-22-15-20-35-19-14-21-38(41(35)39)45(43)46/h13-15,18-31H,4-12,16-17H2,1-3H3.